The number of rotatable bonds is 11. The number of pyridine rings is 1. The van der Waals surface area contributed by atoms with Gasteiger partial charge in [0.1, 0.15) is 5.75 Å². The Morgan fingerprint density at radius 1 is 1.32 bits per heavy atom. The summed E-state index contributed by atoms with van der Waals surface area (Å²) in [6, 6.07) is 11.4. The highest BCUT2D eigenvalue weighted by Gasteiger charge is 2.31. The van der Waals surface area contributed by atoms with Gasteiger partial charge in [-0.05, 0) is 79.6 Å². The molecule has 1 aliphatic heterocycles. The van der Waals surface area contributed by atoms with Crippen LogP contribution in [0, 0.1) is 11.8 Å². The summed E-state index contributed by atoms with van der Waals surface area (Å²) in [6.07, 6.45) is 5.26. The number of nitrogens with zero attached hydrogens (tertiary/aromatic N) is 2. The second-order valence-corrected chi connectivity index (χ2v) is 9.96. The maximum atomic E-state index is 11.6. The molecule has 0 aliphatic carbocycles. The predicted octanol–water partition coefficient (Wildman–Crippen LogP) is 4.86. The number of ether oxygens (including phenoxy) is 1. The Hall–Kier alpha value is -2.55. The molecule has 1 aromatic carbocycles. The molecule has 34 heavy (non-hydrogen) atoms. The van der Waals surface area contributed by atoms with E-state index in [1.54, 1.807) is 31.3 Å². The van der Waals surface area contributed by atoms with Gasteiger partial charge in [0.25, 0.3) is 0 Å². The molecule has 0 amide bonds. The van der Waals surface area contributed by atoms with E-state index >= 15 is 0 Å². The Balaban J connectivity index is 1.35. The zero-order chi connectivity index (χ0) is 23.9. The van der Waals surface area contributed by atoms with Crippen molar-refractivity contribution in [1.29, 1.82) is 0 Å². The van der Waals surface area contributed by atoms with E-state index in [-0.39, 0.29) is 18.3 Å². The summed E-state index contributed by atoms with van der Waals surface area (Å²) in [6.45, 7) is 2.63. The summed E-state index contributed by atoms with van der Waals surface area (Å²) in [5.41, 5.74) is 1.66. The quantitative estimate of drug-likeness (QED) is 0.373. The third-order valence-corrected chi connectivity index (χ3v) is 7.62. The van der Waals surface area contributed by atoms with Crippen LogP contribution < -0.4 is 4.74 Å². The number of furan rings is 1. The van der Waals surface area contributed by atoms with Crippen LogP contribution in [0.4, 0.5) is 0 Å². The fraction of sp³-hybridized carbons (Fsp3) is 0.462. The van der Waals surface area contributed by atoms with E-state index in [1.165, 1.54) is 0 Å². The molecule has 8 heteroatoms. The summed E-state index contributed by atoms with van der Waals surface area (Å²) in [5, 5.41) is 22.3. The van der Waals surface area contributed by atoms with Crippen LogP contribution in [-0.2, 0) is 4.79 Å². The number of carboxylic acids is 1. The topological polar surface area (TPSA) is 96.0 Å². The molecule has 0 saturated carbocycles. The normalized spacial score (nSPS) is 19.8. The van der Waals surface area contributed by atoms with Crippen LogP contribution in [0.5, 0.6) is 5.75 Å². The van der Waals surface area contributed by atoms with E-state index in [1.807, 2.05) is 36.4 Å². The molecule has 3 atom stereocenters. The number of piperidine rings is 1. The Labute approximate surface area is 204 Å². The fourth-order valence-electron chi connectivity index (χ4n) is 4.91. The number of hydrogen-bond donors (Lipinski definition) is 2. The maximum Gasteiger partial charge on any atom is 0.303 e. The smallest absolute Gasteiger partial charge is 0.303 e. The first-order chi connectivity index (χ1) is 16.5. The number of aromatic nitrogens is 1. The Morgan fingerprint density at radius 3 is 2.97 bits per heavy atom. The number of carbonyl (C=O) groups is 1. The highest BCUT2D eigenvalue weighted by molar-refractivity contribution is 7.99. The number of fused-ring (bicyclic) bond motifs is 1. The summed E-state index contributed by atoms with van der Waals surface area (Å²) < 4.78 is 10.7. The molecule has 3 aromatic rings. The van der Waals surface area contributed by atoms with Gasteiger partial charge >= 0.3 is 5.97 Å². The third kappa shape index (κ3) is 6.31. The van der Waals surface area contributed by atoms with Crippen molar-refractivity contribution in [2.45, 2.75) is 36.9 Å². The molecule has 182 valence electrons. The van der Waals surface area contributed by atoms with Crippen LogP contribution in [0.2, 0.25) is 0 Å². The van der Waals surface area contributed by atoms with Gasteiger partial charge in [-0.3, -0.25) is 9.78 Å². The molecule has 0 unspecified atom stereocenters. The standard InChI is InChI=1S/C26H32N2O5S/c1-32-20-5-6-23-22(16-20)21(8-10-27-23)24(29)7-4-18-9-11-28(17-19(18)15-25(30)31)12-14-34-26-3-2-13-33-26/h2-3,5-6,8,10,13,16,18-19,24,29H,4,7,9,11-12,14-15,17H2,1H3,(H,30,31)/t18-,19+,24+/m1/s1. The second kappa shape index (κ2) is 11.7. The molecule has 1 saturated heterocycles. The van der Waals surface area contributed by atoms with E-state index in [4.69, 9.17) is 9.15 Å². The lowest BCUT2D eigenvalue weighted by atomic mass is 9.79. The minimum absolute atomic E-state index is 0.0846. The van der Waals surface area contributed by atoms with E-state index in [9.17, 15) is 15.0 Å². The van der Waals surface area contributed by atoms with Crippen LogP contribution in [0.3, 0.4) is 0 Å². The largest absolute Gasteiger partial charge is 0.497 e. The van der Waals surface area contributed by atoms with Crippen molar-refractivity contribution in [2.75, 3.05) is 32.5 Å². The number of aliphatic hydroxyl groups is 1. The second-order valence-electron chi connectivity index (χ2n) is 8.86. The van der Waals surface area contributed by atoms with Gasteiger partial charge in [-0.25, -0.2) is 0 Å². The molecule has 1 aliphatic rings. The number of aliphatic hydroxyl groups excluding tert-OH is 1. The first-order valence-electron chi connectivity index (χ1n) is 11.7. The van der Waals surface area contributed by atoms with Crippen LogP contribution in [0.1, 0.15) is 37.4 Å². The van der Waals surface area contributed by atoms with Crippen molar-refractivity contribution in [1.82, 2.24) is 9.88 Å². The van der Waals surface area contributed by atoms with Gasteiger partial charge in [0.15, 0.2) is 5.09 Å². The van der Waals surface area contributed by atoms with Crippen molar-refractivity contribution in [3.05, 3.63) is 54.4 Å². The lowest BCUT2D eigenvalue weighted by molar-refractivity contribution is -0.139. The Morgan fingerprint density at radius 2 is 2.21 bits per heavy atom. The third-order valence-electron chi connectivity index (χ3n) is 6.71. The van der Waals surface area contributed by atoms with Gasteiger partial charge in [-0.15, -0.1) is 0 Å². The molecule has 2 aromatic heterocycles. The van der Waals surface area contributed by atoms with Gasteiger partial charge in [-0.2, -0.15) is 0 Å². The molecular weight excluding hydrogens is 452 g/mol. The lowest BCUT2D eigenvalue weighted by Crippen LogP contribution is -2.42. The van der Waals surface area contributed by atoms with Crippen molar-refractivity contribution >= 4 is 28.6 Å². The van der Waals surface area contributed by atoms with Gasteiger partial charge in [0.2, 0.25) is 0 Å². The van der Waals surface area contributed by atoms with Gasteiger partial charge in [0.05, 0.1) is 25.0 Å². The minimum atomic E-state index is -0.755. The zero-order valence-electron chi connectivity index (χ0n) is 19.4. The average molecular weight is 485 g/mol. The van der Waals surface area contributed by atoms with Gasteiger partial charge < -0.3 is 24.3 Å². The summed E-state index contributed by atoms with van der Waals surface area (Å²) in [4.78, 5) is 18.3. The molecule has 0 bridgehead atoms. The first kappa shape index (κ1) is 24.6. The number of thioether (sulfide) groups is 1. The molecule has 1 fully saturated rings. The summed E-state index contributed by atoms with van der Waals surface area (Å²) >= 11 is 1.68. The Kier molecular flexibility index (Phi) is 8.48. The first-order valence-corrected chi connectivity index (χ1v) is 12.7. The van der Waals surface area contributed by atoms with E-state index in [0.717, 1.165) is 65.5 Å². The summed E-state index contributed by atoms with van der Waals surface area (Å²) in [5.74, 6) is 1.25. The van der Waals surface area contributed by atoms with Crippen LogP contribution in [0.15, 0.2) is 58.4 Å². The number of likely N-dealkylation sites (tertiary alicyclic amines) is 1. The van der Waals surface area contributed by atoms with Crippen molar-refractivity contribution < 1.29 is 24.2 Å². The molecule has 0 radical (unpaired) electrons. The van der Waals surface area contributed by atoms with E-state index in [2.05, 4.69) is 9.88 Å². The summed E-state index contributed by atoms with van der Waals surface area (Å²) in [7, 11) is 1.62. The number of hydrogen-bond acceptors (Lipinski definition) is 7. The number of aliphatic carboxylic acids is 1. The minimum Gasteiger partial charge on any atom is -0.497 e. The number of carboxylic acid groups (broad SMARTS) is 1. The molecule has 0 spiro atoms. The van der Waals surface area contributed by atoms with E-state index in [0.29, 0.717) is 6.42 Å². The van der Waals surface area contributed by atoms with Gasteiger partial charge in [-0.1, -0.05) is 11.8 Å². The van der Waals surface area contributed by atoms with Gasteiger partial charge in [0, 0.05) is 36.8 Å². The fourth-order valence-corrected chi connectivity index (χ4v) is 5.76. The monoisotopic (exact) mass is 484 g/mol. The maximum absolute atomic E-state index is 11.6. The predicted molar refractivity (Wildman–Crippen MR) is 132 cm³/mol. The van der Waals surface area contributed by atoms with Crippen LogP contribution in [-0.4, -0.2) is 58.6 Å². The molecular formula is C26H32N2O5S. The van der Waals surface area contributed by atoms with Crippen LogP contribution in [0.25, 0.3) is 10.9 Å². The van der Waals surface area contributed by atoms with Crippen molar-refractivity contribution in [2.24, 2.45) is 11.8 Å². The lowest BCUT2D eigenvalue weighted by Gasteiger charge is -2.38. The zero-order valence-corrected chi connectivity index (χ0v) is 20.2. The highest BCUT2D eigenvalue weighted by Crippen LogP contribution is 2.35. The average Bonchev–Trinajstić information content (AvgIpc) is 3.36. The Bertz CT molecular complexity index is 1070. The van der Waals surface area contributed by atoms with Crippen molar-refractivity contribution in [3.63, 3.8) is 0 Å². The molecule has 2 N–H and O–H groups in total. The van der Waals surface area contributed by atoms with Crippen molar-refractivity contribution in [3.8, 4) is 5.75 Å². The molecule has 4 rings (SSSR count). The SMILES string of the molecule is COc1ccc2nccc([C@@H](O)CC[C@@H]3CCN(CCSc4ccco4)C[C@@H]3CC(=O)O)c2c1. The highest BCUT2D eigenvalue weighted by atomic mass is 32.2. The number of methoxy groups -OCH3 is 1. The van der Waals surface area contributed by atoms with Crippen LogP contribution >= 0.6 is 11.8 Å². The number of benzene rings is 1. The van der Waals surface area contributed by atoms with E-state index < -0.39 is 12.1 Å². The molecule has 7 nitrogen and oxygen atoms in total. The molecule has 3 heterocycles.